The molecule has 1 N–H and O–H groups in total. The lowest BCUT2D eigenvalue weighted by Gasteiger charge is -2.19. The van der Waals surface area contributed by atoms with Gasteiger partial charge in [-0.05, 0) is 59.7 Å². The number of anilines is 1. The summed E-state index contributed by atoms with van der Waals surface area (Å²) in [5.74, 6) is -0.149. The third-order valence-electron chi connectivity index (χ3n) is 3.20. The third kappa shape index (κ3) is 3.47. The van der Waals surface area contributed by atoms with Gasteiger partial charge in [-0.15, -0.1) is 0 Å². The van der Waals surface area contributed by atoms with Crippen molar-refractivity contribution in [2.24, 2.45) is 0 Å². The van der Waals surface area contributed by atoms with Gasteiger partial charge >= 0.3 is 0 Å². The highest BCUT2D eigenvalue weighted by molar-refractivity contribution is 14.1. The summed E-state index contributed by atoms with van der Waals surface area (Å²) < 4.78 is 15.0. The molecule has 0 fully saturated rings. The monoisotopic (exact) mass is 369 g/mol. The summed E-state index contributed by atoms with van der Waals surface area (Å²) in [7, 11) is 0. The first-order valence-electron chi connectivity index (χ1n) is 6.39. The Morgan fingerprint density at radius 3 is 2.58 bits per heavy atom. The standard InChI is InChI=1S/C16H17FIN/c1-3-16(13-6-4-5-7-14(13)17)19-12-9-8-11(2)15(18)10-12/h4-10,16,19H,3H2,1-2H3. The highest BCUT2D eigenvalue weighted by Gasteiger charge is 2.13. The van der Waals surface area contributed by atoms with E-state index >= 15 is 0 Å². The lowest BCUT2D eigenvalue weighted by molar-refractivity contribution is 0.587. The fraction of sp³-hybridized carbons (Fsp3) is 0.250. The summed E-state index contributed by atoms with van der Waals surface area (Å²) in [6.45, 7) is 4.14. The summed E-state index contributed by atoms with van der Waals surface area (Å²) in [4.78, 5) is 0. The van der Waals surface area contributed by atoms with Crippen LogP contribution in [0.15, 0.2) is 42.5 Å². The predicted octanol–water partition coefficient (Wildman–Crippen LogP) is 5.30. The van der Waals surface area contributed by atoms with Gasteiger partial charge in [-0.25, -0.2) is 4.39 Å². The van der Waals surface area contributed by atoms with Crippen molar-refractivity contribution in [3.63, 3.8) is 0 Å². The molecule has 0 aromatic heterocycles. The number of halogens is 2. The molecular formula is C16H17FIN. The molecular weight excluding hydrogens is 352 g/mol. The second-order valence-electron chi connectivity index (χ2n) is 4.59. The number of hydrogen-bond acceptors (Lipinski definition) is 1. The number of rotatable bonds is 4. The number of aryl methyl sites for hydroxylation is 1. The molecule has 0 amide bonds. The Morgan fingerprint density at radius 2 is 1.95 bits per heavy atom. The molecule has 1 unspecified atom stereocenters. The molecule has 2 aromatic carbocycles. The summed E-state index contributed by atoms with van der Waals surface area (Å²) in [6, 6.07) is 13.2. The Kier molecular flexibility index (Phi) is 4.80. The van der Waals surface area contributed by atoms with E-state index in [2.05, 4.69) is 53.9 Å². The Hall–Kier alpha value is -1.10. The highest BCUT2D eigenvalue weighted by atomic mass is 127. The van der Waals surface area contributed by atoms with E-state index in [1.54, 1.807) is 6.07 Å². The maximum atomic E-state index is 13.8. The normalized spacial score (nSPS) is 12.2. The molecule has 19 heavy (non-hydrogen) atoms. The Morgan fingerprint density at radius 1 is 1.21 bits per heavy atom. The summed E-state index contributed by atoms with van der Waals surface area (Å²) in [5.41, 5.74) is 3.01. The molecule has 0 saturated heterocycles. The summed E-state index contributed by atoms with van der Waals surface area (Å²) in [6.07, 6.45) is 0.839. The fourth-order valence-electron chi connectivity index (χ4n) is 2.04. The second kappa shape index (κ2) is 6.37. The van der Waals surface area contributed by atoms with Crippen LogP contribution < -0.4 is 5.32 Å². The Labute approximate surface area is 127 Å². The van der Waals surface area contributed by atoms with Crippen LogP contribution in [-0.4, -0.2) is 0 Å². The van der Waals surface area contributed by atoms with Crippen LogP contribution in [0.1, 0.15) is 30.5 Å². The fourth-order valence-corrected chi connectivity index (χ4v) is 2.56. The quantitative estimate of drug-likeness (QED) is 0.721. The Balaban J connectivity index is 2.24. The molecule has 0 aliphatic carbocycles. The molecule has 3 heteroatoms. The minimum absolute atomic E-state index is 0.000272. The first-order valence-corrected chi connectivity index (χ1v) is 7.46. The van der Waals surface area contributed by atoms with Crippen molar-refractivity contribution in [2.45, 2.75) is 26.3 Å². The van der Waals surface area contributed by atoms with Crippen LogP contribution in [0.5, 0.6) is 0 Å². The maximum Gasteiger partial charge on any atom is 0.128 e. The molecule has 100 valence electrons. The smallest absolute Gasteiger partial charge is 0.128 e. The van der Waals surface area contributed by atoms with Crippen molar-refractivity contribution in [1.29, 1.82) is 0 Å². The van der Waals surface area contributed by atoms with Crippen molar-refractivity contribution >= 4 is 28.3 Å². The third-order valence-corrected chi connectivity index (χ3v) is 4.36. The van der Waals surface area contributed by atoms with Gasteiger partial charge in [0.15, 0.2) is 0 Å². The molecule has 0 spiro atoms. The van der Waals surface area contributed by atoms with Crippen molar-refractivity contribution in [2.75, 3.05) is 5.32 Å². The van der Waals surface area contributed by atoms with Gasteiger partial charge in [0, 0.05) is 14.8 Å². The van der Waals surface area contributed by atoms with Gasteiger partial charge < -0.3 is 5.32 Å². The van der Waals surface area contributed by atoms with E-state index in [1.165, 1.54) is 15.2 Å². The second-order valence-corrected chi connectivity index (χ2v) is 5.75. The van der Waals surface area contributed by atoms with E-state index in [4.69, 9.17) is 0 Å². The molecule has 0 bridgehead atoms. The van der Waals surface area contributed by atoms with Gasteiger partial charge in [0.1, 0.15) is 5.82 Å². The molecule has 0 heterocycles. The number of benzene rings is 2. The first kappa shape index (κ1) is 14.3. The molecule has 0 aliphatic heterocycles. The molecule has 2 rings (SSSR count). The van der Waals surface area contributed by atoms with Crippen LogP contribution in [0.2, 0.25) is 0 Å². The highest BCUT2D eigenvalue weighted by Crippen LogP contribution is 2.26. The zero-order valence-electron chi connectivity index (χ0n) is 11.1. The van der Waals surface area contributed by atoms with Crippen molar-refractivity contribution in [1.82, 2.24) is 0 Å². The number of nitrogens with one attached hydrogen (secondary N) is 1. The average Bonchev–Trinajstić information content (AvgIpc) is 2.41. The SMILES string of the molecule is CCC(Nc1ccc(C)c(I)c1)c1ccccc1F. The van der Waals surface area contributed by atoms with Crippen LogP contribution in [0.4, 0.5) is 10.1 Å². The van der Waals surface area contributed by atoms with Gasteiger partial charge in [0.05, 0.1) is 6.04 Å². The topological polar surface area (TPSA) is 12.0 Å². The lowest BCUT2D eigenvalue weighted by Crippen LogP contribution is -2.11. The van der Waals surface area contributed by atoms with E-state index in [1.807, 2.05) is 18.2 Å². The van der Waals surface area contributed by atoms with Crippen molar-refractivity contribution < 1.29 is 4.39 Å². The minimum Gasteiger partial charge on any atom is -0.378 e. The van der Waals surface area contributed by atoms with E-state index in [0.29, 0.717) is 0 Å². The zero-order chi connectivity index (χ0) is 13.8. The first-order chi connectivity index (χ1) is 9.11. The van der Waals surface area contributed by atoms with E-state index in [9.17, 15) is 4.39 Å². The Bertz CT molecular complexity index is 568. The summed E-state index contributed by atoms with van der Waals surface area (Å²) in [5, 5.41) is 3.41. The number of hydrogen-bond donors (Lipinski definition) is 1. The molecule has 1 nitrogen and oxygen atoms in total. The van der Waals surface area contributed by atoms with Crippen LogP contribution in [0, 0.1) is 16.3 Å². The summed E-state index contributed by atoms with van der Waals surface area (Å²) >= 11 is 2.32. The van der Waals surface area contributed by atoms with Crippen molar-refractivity contribution in [3.05, 3.63) is 63.0 Å². The van der Waals surface area contributed by atoms with Gasteiger partial charge in [0.2, 0.25) is 0 Å². The molecule has 0 radical (unpaired) electrons. The molecule has 0 saturated carbocycles. The van der Waals surface area contributed by atoms with Crippen LogP contribution in [0.3, 0.4) is 0 Å². The molecule has 2 aromatic rings. The van der Waals surface area contributed by atoms with E-state index in [-0.39, 0.29) is 11.9 Å². The molecule has 1 atom stereocenters. The van der Waals surface area contributed by atoms with Crippen LogP contribution >= 0.6 is 22.6 Å². The van der Waals surface area contributed by atoms with Gasteiger partial charge in [-0.3, -0.25) is 0 Å². The van der Waals surface area contributed by atoms with E-state index < -0.39 is 0 Å². The predicted molar refractivity (Wildman–Crippen MR) is 87.0 cm³/mol. The lowest BCUT2D eigenvalue weighted by atomic mass is 10.0. The maximum absolute atomic E-state index is 13.8. The largest absolute Gasteiger partial charge is 0.378 e. The zero-order valence-corrected chi connectivity index (χ0v) is 13.2. The van der Waals surface area contributed by atoms with Crippen molar-refractivity contribution in [3.8, 4) is 0 Å². The van der Waals surface area contributed by atoms with E-state index in [0.717, 1.165) is 17.7 Å². The van der Waals surface area contributed by atoms with Crippen LogP contribution in [-0.2, 0) is 0 Å². The average molecular weight is 369 g/mol. The molecule has 0 aliphatic rings. The van der Waals surface area contributed by atoms with Gasteiger partial charge in [0.25, 0.3) is 0 Å². The minimum atomic E-state index is -0.149. The van der Waals surface area contributed by atoms with Gasteiger partial charge in [-0.2, -0.15) is 0 Å². The van der Waals surface area contributed by atoms with Crippen LogP contribution in [0.25, 0.3) is 0 Å². The van der Waals surface area contributed by atoms with Gasteiger partial charge in [-0.1, -0.05) is 31.2 Å².